The van der Waals surface area contributed by atoms with E-state index in [1.165, 1.54) is 0 Å². The van der Waals surface area contributed by atoms with Crippen LogP contribution in [-0.2, 0) is 4.79 Å². The number of carbonyl (C=O) groups is 1. The van der Waals surface area contributed by atoms with Gasteiger partial charge in [-0.2, -0.15) is 5.26 Å². The highest BCUT2D eigenvalue weighted by molar-refractivity contribution is 5.77. The van der Waals surface area contributed by atoms with Gasteiger partial charge in [-0.15, -0.1) is 0 Å². The van der Waals surface area contributed by atoms with E-state index in [1.54, 1.807) is 0 Å². The number of amides is 1. The molecule has 1 amide bonds. The Morgan fingerprint density at radius 2 is 2.33 bits per heavy atom. The van der Waals surface area contributed by atoms with Crippen molar-refractivity contribution in [1.82, 2.24) is 5.32 Å². The zero-order valence-corrected chi connectivity index (χ0v) is 10.5. The van der Waals surface area contributed by atoms with E-state index in [0.29, 0.717) is 12.0 Å². The second kappa shape index (κ2) is 5.54. The average Bonchev–Trinajstić information content (AvgIpc) is 2.54. The van der Waals surface area contributed by atoms with E-state index < -0.39 is 0 Å². The molecule has 1 atom stereocenters. The largest absolute Gasteiger partial charge is 0.381 e. The first-order chi connectivity index (χ1) is 8.70. The van der Waals surface area contributed by atoms with Crippen molar-refractivity contribution in [3.63, 3.8) is 0 Å². The number of carbonyl (C=O) groups excluding carboxylic acids is 1. The molecule has 2 rings (SSSR count). The predicted molar refractivity (Wildman–Crippen MR) is 70.2 cm³/mol. The molecule has 0 bridgehead atoms. The fraction of sp³-hybridized carbons (Fsp3) is 0.429. The summed E-state index contributed by atoms with van der Waals surface area (Å²) in [5, 5.41) is 15.4. The van der Waals surface area contributed by atoms with Gasteiger partial charge in [-0.25, -0.2) is 0 Å². The third-order valence-electron chi connectivity index (χ3n) is 3.23. The highest BCUT2D eigenvalue weighted by Crippen LogP contribution is 2.21. The summed E-state index contributed by atoms with van der Waals surface area (Å²) in [4.78, 5) is 11.5. The monoisotopic (exact) mass is 243 g/mol. The van der Waals surface area contributed by atoms with Gasteiger partial charge in [-0.1, -0.05) is 12.1 Å². The van der Waals surface area contributed by atoms with Gasteiger partial charge >= 0.3 is 0 Å². The van der Waals surface area contributed by atoms with Crippen molar-refractivity contribution in [3.8, 4) is 6.07 Å². The van der Waals surface area contributed by atoms with Gasteiger partial charge in [0.25, 0.3) is 0 Å². The third-order valence-corrected chi connectivity index (χ3v) is 3.23. The molecule has 94 valence electrons. The highest BCUT2D eigenvalue weighted by atomic mass is 16.1. The quantitative estimate of drug-likeness (QED) is 0.834. The molecule has 4 heteroatoms. The number of anilines is 1. The number of hydrogen-bond acceptors (Lipinski definition) is 3. The van der Waals surface area contributed by atoms with Crippen molar-refractivity contribution in [3.05, 3.63) is 29.3 Å². The lowest BCUT2D eigenvalue weighted by atomic mass is 10.0. The van der Waals surface area contributed by atoms with Gasteiger partial charge < -0.3 is 10.6 Å². The maximum Gasteiger partial charge on any atom is 0.222 e. The van der Waals surface area contributed by atoms with Gasteiger partial charge in [-0.3, -0.25) is 4.79 Å². The fourth-order valence-electron chi connectivity index (χ4n) is 2.25. The lowest BCUT2D eigenvalue weighted by Crippen LogP contribution is -2.27. The van der Waals surface area contributed by atoms with Crippen LogP contribution in [0, 0.1) is 18.3 Å². The molecule has 0 aromatic heterocycles. The van der Waals surface area contributed by atoms with E-state index in [9.17, 15) is 4.79 Å². The molecule has 1 fully saturated rings. The molecular weight excluding hydrogens is 226 g/mol. The summed E-state index contributed by atoms with van der Waals surface area (Å²) in [6.45, 7) is 2.67. The number of nitrogens with one attached hydrogen (secondary N) is 2. The van der Waals surface area contributed by atoms with E-state index in [-0.39, 0.29) is 11.9 Å². The normalized spacial score (nSPS) is 19.6. The van der Waals surface area contributed by atoms with Crippen molar-refractivity contribution >= 4 is 11.6 Å². The van der Waals surface area contributed by atoms with Crippen LogP contribution in [0.25, 0.3) is 0 Å². The van der Waals surface area contributed by atoms with Crippen molar-refractivity contribution in [2.75, 3.05) is 11.9 Å². The summed E-state index contributed by atoms with van der Waals surface area (Å²) >= 11 is 0. The number of aryl methyl sites for hydroxylation is 1. The van der Waals surface area contributed by atoms with Gasteiger partial charge in [-0.05, 0) is 31.4 Å². The van der Waals surface area contributed by atoms with E-state index in [2.05, 4.69) is 16.7 Å². The topological polar surface area (TPSA) is 64.9 Å². The lowest BCUT2D eigenvalue weighted by molar-refractivity contribution is -0.120. The molecule has 0 radical (unpaired) electrons. The number of nitrogens with zero attached hydrogens (tertiary/aromatic N) is 1. The van der Waals surface area contributed by atoms with Gasteiger partial charge in [0.1, 0.15) is 6.07 Å². The third kappa shape index (κ3) is 2.80. The second-order valence-electron chi connectivity index (χ2n) is 4.65. The summed E-state index contributed by atoms with van der Waals surface area (Å²) in [7, 11) is 0. The van der Waals surface area contributed by atoms with Crippen LogP contribution in [0.3, 0.4) is 0 Å². The Hall–Kier alpha value is -2.02. The van der Waals surface area contributed by atoms with Crippen LogP contribution in [0.4, 0.5) is 5.69 Å². The molecule has 1 aromatic rings. The Morgan fingerprint density at radius 3 is 3.11 bits per heavy atom. The van der Waals surface area contributed by atoms with Crippen LogP contribution >= 0.6 is 0 Å². The Bertz CT molecular complexity index is 490. The lowest BCUT2D eigenvalue weighted by Gasteiger charge is -2.18. The van der Waals surface area contributed by atoms with Crippen molar-refractivity contribution < 1.29 is 4.79 Å². The Balaban J connectivity index is 2.16. The maximum atomic E-state index is 11.5. The van der Waals surface area contributed by atoms with Crippen molar-refractivity contribution in [2.24, 2.45) is 0 Å². The minimum atomic E-state index is 0.0798. The first kappa shape index (κ1) is 12.4. The zero-order valence-electron chi connectivity index (χ0n) is 10.5. The van der Waals surface area contributed by atoms with Crippen LogP contribution in [0.1, 0.15) is 30.4 Å². The van der Waals surface area contributed by atoms with Crippen LogP contribution < -0.4 is 10.6 Å². The molecule has 1 heterocycles. The molecule has 4 nitrogen and oxygen atoms in total. The Morgan fingerprint density at radius 1 is 1.50 bits per heavy atom. The van der Waals surface area contributed by atoms with Crippen LogP contribution in [0.15, 0.2) is 18.2 Å². The number of rotatable bonds is 2. The SMILES string of the molecule is Cc1cccc(NC2CCCNC(=O)C2)c1C#N. The molecule has 1 unspecified atom stereocenters. The summed E-state index contributed by atoms with van der Waals surface area (Å²) in [5.74, 6) is 0.0798. The first-order valence-corrected chi connectivity index (χ1v) is 6.23. The molecule has 18 heavy (non-hydrogen) atoms. The van der Waals surface area contributed by atoms with Crippen molar-refractivity contribution in [1.29, 1.82) is 5.26 Å². The zero-order chi connectivity index (χ0) is 13.0. The van der Waals surface area contributed by atoms with E-state index >= 15 is 0 Å². The van der Waals surface area contributed by atoms with Crippen LogP contribution in [0.2, 0.25) is 0 Å². The summed E-state index contributed by atoms with van der Waals surface area (Å²) in [5.41, 5.74) is 2.46. The molecule has 1 aromatic carbocycles. The van der Waals surface area contributed by atoms with Crippen LogP contribution in [0.5, 0.6) is 0 Å². The van der Waals surface area contributed by atoms with Gasteiger partial charge in [0, 0.05) is 19.0 Å². The van der Waals surface area contributed by atoms with Crippen LogP contribution in [-0.4, -0.2) is 18.5 Å². The summed E-state index contributed by atoms with van der Waals surface area (Å²) in [6.07, 6.45) is 2.38. The van der Waals surface area contributed by atoms with E-state index in [0.717, 1.165) is 30.6 Å². The molecular formula is C14H17N3O. The van der Waals surface area contributed by atoms with Gasteiger partial charge in [0.05, 0.1) is 11.3 Å². The molecule has 1 aliphatic rings. The minimum Gasteiger partial charge on any atom is -0.381 e. The number of benzene rings is 1. The van der Waals surface area contributed by atoms with E-state index in [1.807, 2.05) is 25.1 Å². The molecule has 0 spiro atoms. The smallest absolute Gasteiger partial charge is 0.222 e. The summed E-state index contributed by atoms with van der Waals surface area (Å²) in [6, 6.07) is 8.07. The van der Waals surface area contributed by atoms with Crippen molar-refractivity contribution in [2.45, 2.75) is 32.2 Å². The average molecular weight is 243 g/mol. The first-order valence-electron chi connectivity index (χ1n) is 6.23. The van der Waals surface area contributed by atoms with E-state index in [4.69, 9.17) is 5.26 Å². The molecule has 1 saturated heterocycles. The maximum absolute atomic E-state index is 11.5. The standard InChI is InChI=1S/C14H17N3O/c1-10-4-2-6-13(12(10)9-15)17-11-5-3-7-16-14(18)8-11/h2,4,6,11,17H,3,5,7-8H2,1H3,(H,16,18). The van der Waals surface area contributed by atoms with Gasteiger partial charge in [0.2, 0.25) is 5.91 Å². The highest BCUT2D eigenvalue weighted by Gasteiger charge is 2.18. The number of nitriles is 1. The molecule has 1 aliphatic heterocycles. The molecule has 2 N–H and O–H groups in total. The molecule has 0 aliphatic carbocycles. The summed E-state index contributed by atoms with van der Waals surface area (Å²) < 4.78 is 0. The Labute approximate surface area is 107 Å². The fourth-order valence-corrected chi connectivity index (χ4v) is 2.25. The molecule has 0 saturated carbocycles. The number of hydrogen-bond donors (Lipinski definition) is 2. The predicted octanol–water partition coefficient (Wildman–Crippen LogP) is 1.95. The Kier molecular flexibility index (Phi) is 3.83. The van der Waals surface area contributed by atoms with Gasteiger partial charge in [0.15, 0.2) is 0 Å². The minimum absolute atomic E-state index is 0.0798. The second-order valence-corrected chi connectivity index (χ2v) is 4.65.